The number of benzene rings is 1. The van der Waals surface area contributed by atoms with Gasteiger partial charge in [0.25, 0.3) is 0 Å². The number of rotatable bonds is 6. The number of aromatic nitrogens is 5. The lowest BCUT2D eigenvalue weighted by Crippen LogP contribution is -2.34. The van der Waals surface area contributed by atoms with E-state index in [1.807, 2.05) is 31.2 Å². The van der Waals surface area contributed by atoms with E-state index in [-0.39, 0.29) is 17.9 Å². The quantitative estimate of drug-likeness (QED) is 0.609. The highest BCUT2D eigenvalue weighted by molar-refractivity contribution is 5.36. The maximum atomic E-state index is 6.06. The second-order valence-electron chi connectivity index (χ2n) is 7.04. The largest absolute Gasteiger partial charge is 0.467 e. The molecule has 3 heterocycles. The van der Waals surface area contributed by atoms with Crippen molar-refractivity contribution >= 4 is 5.95 Å². The number of ether oxygens (including phenoxy) is 3. The van der Waals surface area contributed by atoms with Crippen LogP contribution >= 0.6 is 0 Å². The molecule has 3 aromatic rings. The van der Waals surface area contributed by atoms with E-state index >= 15 is 0 Å². The molecule has 0 atom stereocenters. The Hall–Kier alpha value is -3.49. The van der Waals surface area contributed by atoms with Crippen molar-refractivity contribution in [3.05, 3.63) is 47.9 Å². The highest BCUT2D eigenvalue weighted by Gasteiger charge is 2.27. The van der Waals surface area contributed by atoms with E-state index in [1.165, 1.54) is 14.2 Å². The molecule has 0 aliphatic carbocycles. The Morgan fingerprint density at radius 2 is 1.63 bits per heavy atom. The van der Waals surface area contributed by atoms with Crippen LogP contribution in [0.25, 0.3) is 0 Å². The first-order valence-electron chi connectivity index (χ1n) is 9.80. The van der Waals surface area contributed by atoms with E-state index in [9.17, 15) is 0 Å². The Labute approximate surface area is 175 Å². The van der Waals surface area contributed by atoms with Gasteiger partial charge in [-0.2, -0.15) is 9.97 Å². The van der Waals surface area contributed by atoms with Crippen molar-refractivity contribution in [1.29, 1.82) is 0 Å². The summed E-state index contributed by atoms with van der Waals surface area (Å²) in [6.45, 7) is 3.56. The zero-order valence-electron chi connectivity index (χ0n) is 17.3. The van der Waals surface area contributed by atoms with Crippen LogP contribution in [0.1, 0.15) is 30.0 Å². The van der Waals surface area contributed by atoms with E-state index in [0.29, 0.717) is 11.8 Å². The van der Waals surface area contributed by atoms with Gasteiger partial charge in [0.15, 0.2) is 0 Å². The van der Waals surface area contributed by atoms with E-state index in [1.54, 1.807) is 12.4 Å². The lowest BCUT2D eigenvalue weighted by molar-refractivity contribution is 0.338. The Kier molecular flexibility index (Phi) is 5.87. The predicted octanol–water partition coefficient (Wildman–Crippen LogP) is 3.16. The summed E-state index contributed by atoms with van der Waals surface area (Å²) in [5.41, 5.74) is 2.01. The fourth-order valence-electron chi connectivity index (χ4n) is 3.49. The fourth-order valence-corrected chi connectivity index (χ4v) is 3.49. The lowest BCUT2D eigenvalue weighted by atomic mass is 9.93. The molecule has 9 nitrogen and oxygen atoms in total. The van der Waals surface area contributed by atoms with Crippen molar-refractivity contribution in [2.24, 2.45) is 0 Å². The van der Waals surface area contributed by atoms with Crippen LogP contribution in [0.5, 0.6) is 23.7 Å². The van der Waals surface area contributed by atoms with Gasteiger partial charge in [-0.15, -0.1) is 4.98 Å². The standard InChI is InChI=1S/C21H24N6O3/c1-14-5-4-6-16(13-14)30-18-17(22-9-10-23-18)15-7-11-27(12-8-15)19-24-20(28-2)26-21(25-19)29-3/h4-6,9-10,13,15H,7-8,11-12H2,1-3H3. The molecule has 0 amide bonds. The smallest absolute Gasteiger partial charge is 0.324 e. The van der Waals surface area contributed by atoms with Gasteiger partial charge in [0.05, 0.1) is 14.2 Å². The molecule has 0 bridgehead atoms. The molecule has 4 rings (SSSR count). The van der Waals surface area contributed by atoms with Crippen molar-refractivity contribution in [2.45, 2.75) is 25.7 Å². The summed E-state index contributed by atoms with van der Waals surface area (Å²) in [5, 5.41) is 0. The SMILES string of the molecule is COc1nc(OC)nc(N2CCC(c3nccnc3Oc3cccc(C)c3)CC2)n1. The average molecular weight is 408 g/mol. The molecular formula is C21H24N6O3. The summed E-state index contributed by atoms with van der Waals surface area (Å²) in [6, 6.07) is 8.39. The first kappa shape index (κ1) is 19.8. The third-order valence-electron chi connectivity index (χ3n) is 5.01. The van der Waals surface area contributed by atoms with Crippen LogP contribution < -0.4 is 19.1 Å². The Morgan fingerprint density at radius 3 is 2.30 bits per heavy atom. The Balaban J connectivity index is 1.48. The monoisotopic (exact) mass is 408 g/mol. The Morgan fingerprint density at radius 1 is 0.933 bits per heavy atom. The minimum absolute atomic E-state index is 0.236. The van der Waals surface area contributed by atoms with Crippen LogP contribution in [0.15, 0.2) is 36.7 Å². The highest BCUT2D eigenvalue weighted by Crippen LogP contribution is 2.34. The van der Waals surface area contributed by atoms with Crippen LogP contribution in [0.2, 0.25) is 0 Å². The number of methoxy groups -OCH3 is 2. The third-order valence-corrected chi connectivity index (χ3v) is 5.01. The summed E-state index contributed by atoms with van der Waals surface area (Å²) in [6.07, 6.45) is 5.12. The first-order chi connectivity index (χ1) is 14.7. The van der Waals surface area contributed by atoms with Crippen LogP contribution in [0, 0.1) is 6.92 Å². The van der Waals surface area contributed by atoms with Gasteiger partial charge in [-0.3, -0.25) is 4.98 Å². The van der Waals surface area contributed by atoms with Gasteiger partial charge in [0.2, 0.25) is 11.8 Å². The molecule has 1 aromatic carbocycles. The molecule has 1 aliphatic rings. The number of anilines is 1. The second kappa shape index (κ2) is 8.89. The predicted molar refractivity (Wildman–Crippen MR) is 110 cm³/mol. The van der Waals surface area contributed by atoms with Gasteiger partial charge >= 0.3 is 12.0 Å². The minimum Gasteiger partial charge on any atom is -0.467 e. The first-order valence-corrected chi connectivity index (χ1v) is 9.80. The average Bonchev–Trinajstić information content (AvgIpc) is 2.79. The zero-order chi connectivity index (χ0) is 20.9. The summed E-state index contributed by atoms with van der Waals surface area (Å²) in [5.74, 6) is 2.11. The zero-order valence-corrected chi connectivity index (χ0v) is 17.3. The van der Waals surface area contributed by atoms with Gasteiger partial charge in [0.1, 0.15) is 11.4 Å². The van der Waals surface area contributed by atoms with Crippen molar-refractivity contribution in [1.82, 2.24) is 24.9 Å². The molecule has 0 N–H and O–H groups in total. The molecule has 30 heavy (non-hydrogen) atoms. The molecule has 0 saturated carbocycles. The maximum absolute atomic E-state index is 6.06. The second-order valence-corrected chi connectivity index (χ2v) is 7.04. The normalized spacial score (nSPS) is 14.4. The molecule has 0 unspecified atom stereocenters. The van der Waals surface area contributed by atoms with Gasteiger partial charge in [-0.25, -0.2) is 4.98 Å². The van der Waals surface area contributed by atoms with Crippen LogP contribution in [0.4, 0.5) is 5.95 Å². The highest BCUT2D eigenvalue weighted by atomic mass is 16.5. The molecular weight excluding hydrogens is 384 g/mol. The summed E-state index contributed by atoms with van der Waals surface area (Å²) in [4.78, 5) is 23.9. The molecule has 9 heteroatoms. The summed E-state index contributed by atoms with van der Waals surface area (Å²) in [7, 11) is 3.04. The van der Waals surface area contributed by atoms with Crippen molar-refractivity contribution in [3.8, 4) is 23.7 Å². The molecule has 1 saturated heterocycles. The Bertz CT molecular complexity index is 985. The van der Waals surface area contributed by atoms with Crippen molar-refractivity contribution < 1.29 is 14.2 Å². The molecule has 0 radical (unpaired) electrons. The number of piperidine rings is 1. The number of nitrogens with zero attached hydrogens (tertiary/aromatic N) is 6. The molecule has 0 spiro atoms. The maximum Gasteiger partial charge on any atom is 0.324 e. The van der Waals surface area contributed by atoms with E-state index < -0.39 is 0 Å². The van der Waals surface area contributed by atoms with E-state index in [0.717, 1.165) is 42.9 Å². The van der Waals surface area contributed by atoms with E-state index in [4.69, 9.17) is 14.2 Å². The van der Waals surface area contributed by atoms with Gasteiger partial charge < -0.3 is 19.1 Å². The van der Waals surface area contributed by atoms with Crippen LogP contribution in [-0.2, 0) is 0 Å². The topological polar surface area (TPSA) is 95.4 Å². The van der Waals surface area contributed by atoms with Crippen molar-refractivity contribution in [3.63, 3.8) is 0 Å². The molecule has 1 fully saturated rings. The summed E-state index contributed by atoms with van der Waals surface area (Å²) < 4.78 is 16.4. The molecule has 1 aliphatic heterocycles. The van der Waals surface area contributed by atoms with Gasteiger partial charge in [0, 0.05) is 31.4 Å². The number of aryl methyl sites for hydroxylation is 1. The lowest BCUT2D eigenvalue weighted by Gasteiger charge is -2.32. The van der Waals surface area contributed by atoms with Gasteiger partial charge in [-0.1, -0.05) is 12.1 Å². The van der Waals surface area contributed by atoms with Crippen molar-refractivity contribution in [2.75, 3.05) is 32.2 Å². The van der Waals surface area contributed by atoms with Gasteiger partial charge in [-0.05, 0) is 37.5 Å². The number of hydrogen-bond donors (Lipinski definition) is 0. The third kappa shape index (κ3) is 4.40. The number of hydrogen-bond acceptors (Lipinski definition) is 9. The van der Waals surface area contributed by atoms with Crippen LogP contribution in [-0.4, -0.2) is 52.2 Å². The van der Waals surface area contributed by atoms with Crippen LogP contribution in [0.3, 0.4) is 0 Å². The minimum atomic E-state index is 0.236. The molecule has 156 valence electrons. The van der Waals surface area contributed by atoms with E-state index in [2.05, 4.69) is 29.8 Å². The summed E-state index contributed by atoms with van der Waals surface area (Å²) >= 11 is 0. The molecule has 2 aromatic heterocycles. The fraction of sp³-hybridized carbons (Fsp3) is 0.381.